The maximum Gasteiger partial charge on any atom is 0.333 e. The fraction of sp³-hybridized carbons (Fsp3) is 0.250. The van der Waals surface area contributed by atoms with E-state index < -0.39 is 18.0 Å². The molecule has 0 aliphatic rings. The highest BCUT2D eigenvalue weighted by molar-refractivity contribution is 5.87. The summed E-state index contributed by atoms with van der Waals surface area (Å²) in [6.45, 7) is 2.16. The first kappa shape index (κ1) is 15.8. The number of carbonyl (C=O) groups is 2. The van der Waals surface area contributed by atoms with Gasteiger partial charge in [0.1, 0.15) is 0 Å². The first-order valence-corrected chi connectivity index (χ1v) is 7.17. The number of nitrogens with two attached hydrogens (primary N) is 1. The zero-order chi connectivity index (χ0) is 15.9. The van der Waals surface area contributed by atoms with Crippen LogP contribution in [0.3, 0.4) is 0 Å². The van der Waals surface area contributed by atoms with Crippen molar-refractivity contribution in [3.05, 3.63) is 48.0 Å². The van der Waals surface area contributed by atoms with E-state index in [-0.39, 0.29) is 0 Å². The molecule has 0 aliphatic carbocycles. The Morgan fingerprint density at radius 1 is 1.09 bits per heavy atom. The van der Waals surface area contributed by atoms with Crippen molar-refractivity contribution in [1.82, 2.24) is 16.2 Å². The summed E-state index contributed by atoms with van der Waals surface area (Å²) in [7, 11) is 0. The van der Waals surface area contributed by atoms with Gasteiger partial charge in [0, 0.05) is 6.54 Å². The molecule has 0 aromatic heterocycles. The standard InChI is InChI=1S/C16H20N4O2/c1-2-14(17)15(21)19-20-16(22)18-10-12-8-5-7-11-6-3-4-9-13(11)12/h3-9,14H,2,10,17H2,1H3,(H,19,21)(H2,18,20,22). The lowest BCUT2D eigenvalue weighted by molar-refractivity contribution is -0.123. The Morgan fingerprint density at radius 2 is 1.82 bits per heavy atom. The van der Waals surface area contributed by atoms with E-state index in [9.17, 15) is 9.59 Å². The molecule has 116 valence electrons. The Bertz CT molecular complexity index is 667. The average molecular weight is 300 g/mol. The van der Waals surface area contributed by atoms with Gasteiger partial charge in [0.2, 0.25) is 0 Å². The summed E-state index contributed by atoms with van der Waals surface area (Å²) < 4.78 is 0. The van der Waals surface area contributed by atoms with E-state index in [1.54, 1.807) is 6.92 Å². The van der Waals surface area contributed by atoms with Gasteiger partial charge < -0.3 is 11.1 Å². The summed E-state index contributed by atoms with van der Waals surface area (Å²) in [4.78, 5) is 23.1. The quantitative estimate of drug-likeness (QED) is 0.643. The van der Waals surface area contributed by atoms with Crippen LogP contribution in [0.5, 0.6) is 0 Å². The van der Waals surface area contributed by atoms with Crippen molar-refractivity contribution in [2.45, 2.75) is 25.9 Å². The lowest BCUT2D eigenvalue weighted by atomic mass is 10.0. The van der Waals surface area contributed by atoms with Gasteiger partial charge in [-0.3, -0.25) is 10.2 Å². The van der Waals surface area contributed by atoms with E-state index in [0.29, 0.717) is 13.0 Å². The van der Waals surface area contributed by atoms with Crippen molar-refractivity contribution in [2.24, 2.45) is 5.73 Å². The van der Waals surface area contributed by atoms with Crippen LogP contribution in [0, 0.1) is 0 Å². The van der Waals surface area contributed by atoms with E-state index >= 15 is 0 Å². The molecule has 2 rings (SSSR count). The summed E-state index contributed by atoms with van der Waals surface area (Å²) >= 11 is 0. The zero-order valence-corrected chi connectivity index (χ0v) is 12.4. The molecule has 0 saturated heterocycles. The minimum absolute atomic E-state index is 0.364. The van der Waals surface area contributed by atoms with Gasteiger partial charge in [0.15, 0.2) is 0 Å². The van der Waals surface area contributed by atoms with E-state index in [2.05, 4.69) is 16.2 Å². The van der Waals surface area contributed by atoms with Crippen molar-refractivity contribution in [3.63, 3.8) is 0 Å². The largest absolute Gasteiger partial charge is 0.333 e. The van der Waals surface area contributed by atoms with E-state index in [1.807, 2.05) is 42.5 Å². The summed E-state index contributed by atoms with van der Waals surface area (Å²) in [5, 5.41) is 4.90. The molecule has 0 spiro atoms. The minimum Gasteiger partial charge on any atom is -0.333 e. The van der Waals surface area contributed by atoms with Gasteiger partial charge in [-0.25, -0.2) is 10.2 Å². The number of benzene rings is 2. The number of urea groups is 1. The second-order valence-electron chi connectivity index (χ2n) is 4.95. The van der Waals surface area contributed by atoms with Crippen LogP contribution >= 0.6 is 0 Å². The van der Waals surface area contributed by atoms with Crippen LogP contribution in [-0.4, -0.2) is 18.0 Å². The highest BCUT2D eigenvalue weighted by atomic mass is 16.2. The number of rotatable bonds is 4. The number of hydrogen-bond acceptors (Lipinski definition) is 3. The van der Waals surface area contributed by atoms with E-state index in [1.165, 1.54) is 0 Å². The number of carbonyl (C=O) groups excluding carboxylic acids is 2. The lowest BCUT2D eigenvalue weighted by Crippen LogP contribution is -2.51. The number of fused-ring (bicyclic) bond motifs is 1. The van der Waals surface area contributed by atoms with Crippen LogP contribution in [0.2, 0.25) is 0 Å². The first-order chi connectivity index (χ1) is 10.6. The van der Waals surface area contributed by atoms with Crippen LogP contribution in [0.15, 0.2) is 42.5 Å². The number of nitrogens with one attached hydrogen (secondary N) is 3. The Kier molecular flexibility index (Phi) is 5.32. The molecule has 2 aromatic carbocycles. The molecule has 0 bridgehead atoms. The monoisotopic (exact) mass is 300 g/mol. The van der Waals surface area contributed by atoms with Crippen molar-refractivity contribution >= 4 is 22.7 Å². The summed E-state index contributed by atoms with van der Waals surface area (Å²) in [6.07, 6.45) is 0.505. The number of hydrogen-bond donors (Lipinski definition) is 4. The topological polar surface area (TPSA) is 96.2 Å². The van der Waals surface area contributed by atoms with Gasteiger partial charge >= 0.3 is 6.03 Å². The van der Waals surface area contributed by atoms with Gasteiger partial charge in [-0.2, -0.15) is 0 Å². The van der Waals surface area contributed by atoms with Crippen LogP contribution in [0.4, 0.5) is 4.79 Å². The van der Waals surface area contributed by atoms with Gasteiger partial charge in [-0.15, -0.1) is 0 Å². The van der Waals surface area contributed by atoms with Crippen LogP contribution in [0.25, 0.3) is 10.8 Å². The smallest absolute Gasteiger partial charge is 0.333 e. The third-order valence-corrected chi connectivity index (χ3v) is 3.40. The molecule has 3 amide bonds. The first-order valence-electron chi connectivity index (χ1n) is 7.17. The molecule has 0 aliphatic heterocycles. The molecule has 1 atom stereocenters. The third-order valence-electron chi connectivity index (χ3n) is 3.40. The second-order valence-corrected chi connectivity index (χ2v) is 4.95. The van der Waals surface area contributed by atoms with Crippen molar-refractivity contribution < 1.29 is 9.59 Å². The van der Waals surface area contributed by atoms with E-state index in [4.69, 9.17) is 5.73 Å². The predicted molar refractivity (Wildman–Crippen MR) is 85.7 cm³/mol. The van der Waals surface area contributed by atoms with Gasteiger partial charge in [-0.05, 0) is 22.8 Å². The maximum absolute atomic E-state index is 11.7. The van der Waals surface area contributed by atoms with Crippen LogP contribution in [0.1, 0.15) is 18.9 Å². The molecule has 0 radical (unpaired) electrons. The predicted octanol–water partition coefficient (Wildman–Crippen LogP) is 1.41. The summed E-state index contributed by atoms with van der Waals surface area (Å²) in [6, 6.07) is 12.8. The van der Waals surface area contributed by atoms with Crippen molar-refractivity contribution in [3.8, 4) is 0 Å². The van der Waals surface area contributed by atoms with Gasteiger partial charge in [0.05, 0.1) is 6.04 Å². The maximum atomic E-state index is 11.7. The normalized spacial score (nSPS) is 11.7. The van der Waals surface area contributed by atoms with Crippen LogP contribution < -0.4 is 21.9 Å². The van der Waals surface area contributed by atoms with Crippen LogP contribution in [-0.2, 0) is 11.3 Å². The zero-order valence-electron chi connectivity index (χ0n) is 12.4. The minimum atomic E-state index is -0.627. The molecular formula is C16H20N4O2. The molecular weight excluding hydrogens is 280 g/mol. The molecule has 22 heavy (non-hydrogen) atoms. The van der Waals surface area contributed by atoms with Gasteiger partial charge in [-0.1, -0.05) is 49.4 Å². The summed E-state index contributed by atoms with van der Waals surface area (Å²) in [5.41, 5.74) is 11.1. The molecule has 0 heterocycles. The Balaban J connectivity index is 1.89. The Labute approximate surface area is 129 Å². The van der Waals surface area contributed by atoms with Crippen molar-refractivity contribution in [1.29, 1.82) is 0 Å². The fourth-order valence-corrected chi connectivity index (χ4v) is 2.06. The molecule has 5 N–H and O–H groups in total. The average Bonchev–Trinajstić information content (AvgIpc) is 2.56. The fourth-order valence-electron chi connectivity index (χ4n) is 2.06. The highest BCUT2D eigenvalue weighted by Gasteiger charge is 2.11. The van der Waals surface area contributed by atoms with Crippen molar-refractivity contribution in [2.75, 3.05) is 0 Å². The Morgan fingerprint density at radius 3 is 2.59 bits per heavy atom. The molecule has 6 nitrogen and oxygen atoms in total. The molecule has 6 heteroatoms. The van der Waals surface area contributed by atoms with Gasteiger partial charge in [0.25, 0.3) is 5.91 Å². The molecule has 2 aromatic rings. The highest BCUT2D eigenvalue weighted by Crippen LogP contribution is 2.17. The second kappa shape index (κ2) is 7.42. The third kappa shape index (κ3) is 3.95. The number of amides is 3. The number of hydrazine groups is 1. The van der Waals surface area contributed by atoms with E-state index in [0.717, 1.165) is 16.3 Å². The summed E-state index contributed by atoms with van der Waals surface area (Å²) in [5.74, 6) is -0.414. The molecule has 0 saturated carbocycles. The Hall–Kier alpha value is -2.60. The lowest BCUT2D eigenvalue weighted by Gasteiger charge is -2.12. The molecule has 0 fully saturated rings. The molecule has 1 unspecified atom stereocenters. The SMILES string of the molecule is CCC(N)C(=O)NNC(=O)NCc1cccc2ccccc12.